The monoisotopic (exact) mass is 937 g/mol. The summed E-state index contributed by atoms with van der Waals surface area (Å²) in [6, 6.07) is 0. The molecule has 1 unspecified atom stereocenters. The maximum atomic E-state index is 12.8. The number of allylic oxidation sites excluding steroid dienone is 24. The zero-order valence-corrected chi connectivity index (χ0v) is 43.3. The molecule has 6 nitrogen and oxygen atoms in total. The smallest absolute Gasteiger partial charge is 0.306 e. The number of ether oxygens (including phenoxy) is 3. The average molecular weight is 937 g/mol. The van der Waals surface area contributed by atoms with Crippen molar-refractivity contribution in [1.29, 1.82) is 0 Å². The Morgan fingerprint density at radius 3 is 0.956 bits per heavy atom. The fourth-order valence-corrected chi connectivity index (χ4v) is 6.59. The minimum atomic E-state index is -0.823. The second kappa shape index (κ2) is 54.9. The van der Waals surface area contributed by atoms with Crippen molar-refractivity contribution in [3.8, 4) is 0 Å². The lowest BCUT2D eigenvalue weighted by molar-refractivity contribution is -0.167. The number of carbonyl (C=O) groups is 3. The summed E-state index contributed by atoms with van der Waals surface area (Å²) < 4.78 is 16.7. The fourth-order valence-electron chi connectivity index (χ4n) is 6.59. The number of esters is 3. The van der Waals surface area contributed by atoms with Crippen molar-refractivity contribution in [3.05, 3.63) is 146 Å². The molecule has 0 aliphatic heterocycles. The van der Waals surface area contributed by atoms with Crippen molar-refractivity contribution >= 4 is 17.9 Å². The van der Waals surface area contributed by atoms with Crippen LogP contribution in [0.3, 0.4) is 0 Å². The Morgan fingerprint density at radius 2 is 0.574 bits per heavy atom. The summed E-state index contributed by atoms with van der Waals surface area (Å²) in [5.74, 6) is -1.02. The molecule has 0 aliphatic rings. The quantitative estimate of drug-likeness (QED) is 0.0262. The fraction of sp³-hybridized carbons (Fsp3) is 0.565. The first-order valence-corrected chi connectivity index (χ1v) is 26.8. The molecule has 0 aromatic rings. The molecule has 0 amide bonds. The van der Waals surface area contributed by atoms with Gasteiger partial charge in [0.25, 0.3) is 0 Å². The Labute approximate surface area is 417 Å². The molecule has 0 saturated carbocycles. The van der Waals surface area contributed by atoms with Crippen molar-refractivity contribution in [2.45, 2.75) is 213 Å². The van der Waals surface area contributed by atoms with Crippen molar-refractivity contribution < 1.29 is 28.6 Å². The van der Waals surface area contributed by atoms with Gasteiger partial charge in [-0.25, -0.2) is 0 Å². The topological polar surface area (TPSA) is 78.9 Å². The van der Waals surface area contributed by atoms with Gasteiger partial charge in [-0.3, -0.25) is 14.4 Å². The van der Waals surface area contributed by atoms with Gasteiger partial charge in [0.15, 0.2) is 6.10 Å². The van der Waals surface area contributed by atoms with Crippen LogP contribution < -0.4 is 0 Å². The lowest BCUT2D eigenvalue weighted by atomic mass is 10.1. The van der Waals surface area contributed by atoms with E-state index in [4.69, 9.17) is 14.2 Å². The Kier molecular flexibility index (Phi) is 51.1. The van der Waals surface area contributed by atoms with Crippen LogP contribution in [0.1, 0.15) is 207 Å². The molecular formula is C62H96O6. The van der Waals surface area contributed by atoms with Gasteiger partial charge in [-0.1, -0.05) is 199 Å². The molecule has 0 spiro atoms. The highest BCUT2D eigenvalue weighted by atomic mass is 16.6. The first-order chi connectivity index (χ1) is 33.5. The van der Waals surface area contributed by atoms with Crippen LogP contribution in [0.15, 0.2) is 146 Å². The van der Waals surface area contributed by atoms with E-state index < -0.39 is 6.10 Å². The van der Waals surface area contributed by atoms with E-state index in [-0.39, 0.29) is 44.0 Å². The maximum Gasteiger partial charge on any atom is 0.306 e. The summed E-state index contributed by atoms with van der Waals surface area (Å²) in [5.41, 5.74) is 0. The zero-order valence-electron chi connectivity index (χ0n) is 43.3. The molecule has 68 heavy (non-hydrogen) atoms. The predicted molar refractivity (Wildman–Crippen MR) is 292 cm³/mol. The van der Waals surface area contributed by atoms with Crippen LogP contribution in [0.4, 0.5) is 0 Å². The molecule has 0 fully saturated rings. The molecule has 0 bridgehead atoms. The number of unbranched alkanes of at least 4 members (excludes halogenated alkanes) is 11. The molecule has 0 aromatic heterocycles. The van der Waals surface area contributed by atoms with Gasteiger partial charge in [0, 0.05) is 19.3 Å². The van der Waals surface area contributed by atoms with E-state index in [1.807, 2.05) is 0 Å². The highest BCUT2D eigenvalue weighted by molar-refractivity contribution is 5.71. The molecule has 0 aliphatic carbocycles. The minimum absolute atomic E-state index is 0.116. The SMILES string of the molecule is CC/C=C\C/C=C\C/C=C\C/C=C\C/C=C\C/C=C\CCCCC(=O)OCC(COC(=O)CCCCCCC/C=C\CCC)OC(=O)CCCCC/C=C\C/C=C\C/C=C\C/C=C\C/C=C\CC. The van der Waals surface area contributed by atoms with E-state index in [1.165, 1.54) is 12.8 Å². The van der Waals surface area contributed by atoms with Crippen LogP contribution in [0.2, 0.25) is 0 Å². The molecule has 1 atom stereocenters. The second-order valence-electron chi connectivity index (χ2n) is 17.0. The Balaban J connectivity index is 4.52. The third-order valence-corrected chi connectivity index (χ3v) is 10.5. The summed E-state index contributed by atoms with van der Waals surface area (Å²) in [6.45, 7) is 6.25. The van der Waals surface area contributed by atoms with E-state index in [1.54, 1.807) is 0 Å². The van der Waals surface area contributed by atoms with Gasteiger partial charge in [-0.15, -0.1) is 0 Å². The van der Waals surface area contributed by atoms with Crippen molar-refractivity contribution in [3.63, 3.8) is 0 Å². The first kappa shape index (κ1) is 63.3. The first-order valence-electron chi connectivity index (χ1n) is 26.8. The highest BCUT2D eigenvalue weighted by Gasteiger charge is 2.19. The second-order valence-corrected chi connectivity index (χ2v) is 17.0. The number of carbonyl (C=O) groups excluding carboxylic acids is 3. The van der Waals surface area contributed by atoms with Crippen LogP contribution in [-0.4, -0.2) is 37.2 Å². The van der Waals surface area contributed by atoms with E-state index in [0.29, 0.717) is 19.3 Å². The molecule has 0 saturated heterocycles. The molecular weight excluding hydrogens is 841 g/mol. The lowest BCUT2D eigenvalue weighted by Crippen LogP contribution is -2.30. The molecule has 0 heterocycles. The van der Waals surface area contributed by atoms with E-state index in [2.05, 4.69) is 167 Å². The number of rotatable bonds is 46. The summed E-state index contributed by atoms with van der Waals surface area (Å²) >= 11 is 0. The van der Waals surface area contributed by atoms with Crippen LogP contribution >= 0.6 is 0 Å². The van der Waals surface area contributed by atoms with Crippen LogP contribution in [-0.2, 0) is 28.6 Å². The predicted octanol–water partition coefficient (Wildman–Crippen LogP) is 18.0. The van der Waals surface area contributed by atoms with Gasteiger partial charge in [0.2, 0.25) is 0 Å². The summed E-state index contributed by atoms with van der Waals surface area (Å²) in [7, 11) is 0. The van der Waals surface area contributed by atoms with Gasteiger partial charge in [0.05, 0.1) is 0 Å². The zero-order chi connectivity index (χ0) is 49.3. The number of hydrogen-bond acceptors (Lipinski definition) is 6. The van der Waals surface area contributed by atoms with Crippen molar-refractivity contribution in [1.82, 2.24) is 0 Å². The summed E-state index contributed by atoms with van der Waals surface area (Å²) in [6.07, 6.45) is 78.4. The van der Waals surface area contributed by atoms with Gasteiger partial charge in [-0.2, -0.15) is 0 Å². The normalized spacial score (nSPS) is 13.3. The highest BCUT2D eigenvalue weighted by Crippen LogP contribution is 2.12. The van der Waals surface area contributed by atoms with Gasteiger partial charge >= 0.3 is 17.9 Å². The average Bonchev–Trinajstić information content (AvgIpc) is 3.34. The van der Waals surface area contributed by atoms with Crippen molar-refractivity contribution in [2.24, 2.45) is 0 Å². The number of hydrogen-bond donors (Lipinski definition) is 0. The van der Waals surface area contributed by atoms with E-state index >= 15 is 0 Å². The Hall–Kier alpha value is -4.71. The van der Waals surface area contributed by atoms with Gasteiger partial charge in [0.1, 0.15) is 13.2 Å². The standard InChI is InChI=1S/C62H96O6/c1-4-7-10-13-16-19-22-24-26-28-30-31-33-34-36-38-40-43-46-49-52-55-61(64)67-58-59(57-66-60(63)54-51-48-45-42-21-18-15-12-9-6-3)68-62(65)56-53-50-47-44-41-39-37-35-32-29-27-25-23-20-17-14-11-8-5-2/h7-8,10-12,15-17,19-20,24-27,30-32,34-36,39-41,43,59H,4-6,9,13-14,18,21-23,28-29,33,37-38,42,44-58H2,1-3H3/b10-7-,11-8-,15-12-,19-16-,20-17-,26-24-,27-25-,31-30-,35-32-,36-34-,41-39-,43-40-. The Morgan fingerprint density at radius 1 is 0.309 bits per heavy atom. The van der Waals surface area contributed by atoms with Crippen molar-refractivity contribution in [2.75, 3.05) is 13.2 Å². The van der Waals surface area contributed by atoms with Gasteiger partial charge in [-0.05, 0) is 135 Å². The Bertz CT molecular complexity index is 1540. The largest absolute Gasteiger partial charge is 0.462 e. The third kappa shape index (κ3) is 52.3. The molecule has 6 heteroatoms. The van der Waals surface area contributed by atoms with Crippen LogP contribution in [0.5, 0.6) is 0 Å². The molecule has 0 rings (SSSR count). The summed E-state index contributed by atoms with van der Waals surface area (Å²) in [5, 5.41) is 0. The van der Waals surface area contributed by atoms with Crippen LogP contribution in [0.25, 0.3) is 0 Å². The maximum absolute atomic E-state index is 12.8. The molecule has 0 aromatic carbocycles. The van der Waals surface area contributed by atoms with E-state index in [9.17, 15) is 14.4 Å². The van der Waals surface area contributed by atoms with E-state index in [0.717, 1.165) is 141 Å². The minimum Gasteiger partial charge on any atom is -0.462 e. The molecule has 0 N–H and O–H groups in total. The summed E-state index contributed by atoms with van der Waals surface area (Å²) in [4.78, 5) is 38.0. The molecule has 0 radical (unpaired) electrons. The van der Waals surface area contributed by atoms with Gasteiger partial charge < -0.3 is 14.2 Å². The lowest BCUT2D eigenvalue weighted by Gasteiger charge is -2.18. The third-order valence-electron chi connectivity index (χ3n) is 10.5. The molecule has 380 valence electrons. The van der Waals surface area contributed by atoms with Crippen LogP contribution in [0, 0.1) is 0 Å².